The van der Waals surface area contributed by atoms with Crippen LogP contribution < -0.4 is 5.32 Å². The average Bonchev–Trinajstić information content (AvgIpc) is 2.77. The van der Waals surface area contributed by atoms with E-state index in [4.69, 9.17) is 0 Å². The Labute approximate surface area is 103 Å². The minimum absolute atomic E-state index is 0.163. The molecule has 1 aromatic rings. The Morgan fingerprint density at radius 2 is 2.18 bits per heavy atom. The highest BCUT2D eigenvalue weighted by Gasteiger charge is 2.23. The van der Waals surface area contributed by atoms with Gasteiger partial charge in [-0.1, -0.05) is 37.3 Å². The van der Waals surface area contributed by atoms with Gasteiger partial charge in [0.15, 0.2) is 0 Å². The molecule has 1 fully saturated rings. The molecule has 1 aliphatic heterocycles. The molecule has 3 heteroatoms. The highest BCUT2D eigenvalue weighted by molar-refractivity contribution is 5.75. The molecule has 0 saturated carbocycles. The minimum atomic E-state index is 0.163. The van der Waals surface area contributed by atoms with Crippen molar-refractivity contribution in [2.75, 3.05) is 13.1 Å². The molecule has 0 radical (unpaired) electrons. The van der Waals surface area contributed by atoms with Crippen molar-refractivity contribution >= 4 is 5.91 Å². The molecule has 0 bridgehead atoms. The number of carbonyl (C=O) groups excluding carboxylic acids is 1. The number of carbonyl (C=O) groups is 1. The first-order valence-electron chi connectivity index (χ1n) is 6.33. The molecule has 2 rings (SSSR count). The van der Waals surface area contributed by atoms with Gasteiger partial charge < -0.3 is 5.32 Å². The molecule has 3 nitrogen and oxygen atoms in total. The molecule has 0 aliphatic carbocycles. The molecule has 17 heavy (non-hydrogen) atoms. The van der Waals surface area contributed by atoms with E-state index in [1.165, 1.54) is 5.56 Å². The summed E-state index contributed by atoms with van der Waals surface area (Å²) < 4.78 is 0. The number of likely N-dealkylation sites (tertiary alicyclic amines) is 1. The average molecular weight is 232 g/mol. The van der Waals surface area contributed by atoms with Gasteiger partial charge >= 0.3 is 0 Å². The lowest BCUT2D eigenvalue weighted by Crippen LogP contribution is -2.36. The fourth-order valence-corrected chi connectivity index (χ4v) is 2.27. The van der Waals surface area contributed by atoms with E-state index in [2.05, 4.69) is 34.5 Å². The van der Waals surface area contributed by atoms with Crippen molar-refractivity contribution < 1.29 is 4.79 Å². The Morgan fingerprint density at radius 3 is 2.88 bits per heavy atom. The molecule has 1 saturated heterocycles. The maximum atomic E-state index is 11.3. The van der Waals surface area contributed by atoms with E-state index < -0.39 is 0 Å². The molecule has 0 spiro atoms. The summed E-state index contributed by atoms with van der Waals surface area (Å²) >= 11 is 0. The van der Waals surface area contributed by atoms with Crippen molar-refractivity contribution in [3.05, 3.63) is 35.9 Å². The van der Waals surface area contributed by atoms with Gasteiger partial charge in [-0.05, 0) is 12.0 Å². The third kappa shape index (κ3) is 3.56. The van der Waals surface area contributed by atoms with Gasteiger partial charge in [0.2, 0.25) is 5.91 Å². The summed E-state index contributed by atoms with van der Waals surface area (Å²) in [5.74, 6) is 0.163. The zero-order valence-electron chi connectivity index (χ0n) is 10.4. The number of nitrogens with zero attached hydrogens (tertiary/aromatic N) is 1. The van der Waals surface area contributed by atoms with Gasteiger partial charge in [-0.25, -0.2) is 0 Å². The van der Waals surface area contributed by atoms with Gasteiger partial charge in [0.25, 0.3) is 0 Å². The van der Waals surface area contributed by atoms with Gasteiger partial charge in [-0.2, -0.15) is 0 Å². The highest BCUT2D eigenvalue weighted by atomic mass is 16.1. The molecule has 1 N–H and O–H groups in total. The third-order valence-electron chi connectivity index (χ3n) is 3.21. The summed E-state index contributed by atoms with van der Waals surface area (Å²) in [4.78, 5) is 13.7. The summed E-state index contributed by atoms with van der Waals surface area (Å²) in [5, 5.41) is 3.06. The molecule has 1 heterocycles. The first kappa shape index (κ1) is 12.1. The van der Waals surface area contributed by atoms with E-state index >= 15 is 0 Å². The SMILES string of the molecule is CCC(=O)NC1CCN(Cc2ccccc2)C1. The Balaban J connectivity index is 1.80. The lowest BCUT2D eigenvalue weighted by atomic mass is 10.2. The van der Waals surface area contributed by atoms with Crippen LogP contribution in [0.4, 0.5) is 0 Å². The van der Waals surface area contributed by atoms with Crippen LogP contribution in [0, 0.1) is 0 Å². The van der Waals surface area contributed by atoms with Crippen LogP contribution in [0.2, 0.25) is 0 Å². The maximum Gasteiger partial charge on any atom is 0.219 e. The molecule has 1 atom stereocenters. The van der Waals surface area contributed by atoms with Gasteiger partial charge in [0, 0.05) is 32.1 Å². The monoisotopic (exact) mass is 232 g/mol. The molecule has 0 aromatic heterocycles. The molecule has 1 unspecified atom stereocenters. The predicted octanol–water partition coefficient (Wildman–Crippen LogP) is 1.79. The second kappa shape index (κ2) is 5.82. The molecular formula is C14H20N2O. The second-order valence-electron chi connectivity index (χ2n) is 4.63. The number of amides is 1. The van der Waals surface area contributed by atoms with Gasteiger partial charge in [-0.15, -0.1) is 0 Å². The first-order chi connectivity index (χ1) is 8.28. The van der Waals surface area contributed by atoms with Crippen molar-refractivity contribution in [1.29, 1.82) is 0 Å². The lowest BCUT2D eigenvalue weighted by molar-refractivity contribution is -0.121. The molecule has 1 aromatic carbocycles. The topological polar surface area (TPSA) is 32.3 Å². The molecular weight excluding hydrogens is 212 g/mol. The van der Waals surface area contributed by atoms with Crippen LogP contribution in [0.25, 0.3) is 0 Å². The standard InChI is InChI=1S/C14H20N2O/c1-2-14(17)15-13-8-9-16(11-13)10-12-6-4-3-5-7-12/h3-7,13H,2,8-11H2,1H3,(H,15,17). The van der Waals surface area contributed by atoms with Crippen LogP contribution in [-0.2, 0) is 11.3 Å². The molecule has 1 aliphatic rings. The van der Waals surface area contributed by atoms with Crippen LogP contribution in [0.1, 0.15) is 25.3 Å². The predicted molar refractivity (Wildman–Crippen MR) is 68.6 cm³/mol. The van der Waals surface area contributed by atoms with E-state index in [0.717, 1.165) is 26.1 Å². The van der Waals surface area contributed by atoms with Gasteiger partial charge in [0.05, 0.1) is 0 Å². The quantitative estimate of drug-likeness (QED) is 0.858. The van der Waals surface area contributed by atoms with Crippen molar-refractivity contribution in [2.24, 2.45) is 0 Å². The maximum absolute atomic E-state index is 11.3. The summed E-state index contributed by atoms with van der Waals surface area (Å²) in [6.45, 7) is 4.93. The normalized spacial score (nSPS) is 20.4. The second-order valence-corrected chi connectivity index (χ2v) is 4.63. The van der Waals surface area contributed by atoms with Crippen molar-refractivity contribution in [1.82, 2.24) is 10.2 Å². The number of benzene rings is 1. The molecule has 1 amide bonds. The Hall–Kier alpha value is -1.35. The molecule has 92 valence electrons. The minimum Gasteiger partial charge on any atom is -0.352 e. The van der Waals surface area contributed by atoms with E-state index in [0.29, 0.717) is 12.5 Å². The first-order valence-corrected chi connectivity index (χ1v) is 6.33. The Bertz CT molecular complexity index is 364. The van der Waals surface area contributed by atoms with E-state index in [1.54, 1.807) is 0 Å². The Kier molecular flexibility index (Phi) is 4.15. The Morgan fingerprint density at radius 1 is 1.41 bits per heavy atom. The van der Waals surface area contributed by atoms with Crippen LogP contribution in [0.15, 0.2) is 30.3 Å². The van der Waals surface area contributed by atoms with Crippen LogP contribution in [0.3, 0.4) is 0 Å². The van der Waals surface area contributed by atoms with E-state index in [-0.39, 0.29) is 5.91 Å². The van der Waals surface area contributed by atoms with Crippen LogP contribution >= 0.6 is 0 Å². The van der Waals surface area contributed by atoms with Crippen LogP contribution in [0.5, 0.6) is 0 Å². The smallest absolute Gasteiger partial charge is 0.219 e. The number of rotatable bonds is 4. The van der Waals surface area contributed by atoms with E-state index in [1.807, 2.05) is 13.0 Å². The highest BCUT2D eigenvalue weighted by Crippen LogP contribution is 2.13. The fourth-order valence-electron chi connectivity index (χ4n) is 2.27. The van der Waals surface area contributed by atoms with Gasteiger partial charge in [0.1, 0.15) is 0 Å². The number of hydrogen-bond acceptors (Lipinski definition) is 2. The summed E-state index contributed by atoms with van der Waals surface area (Å²) in [6.07, 6.45) is 1.65. The van der Waals surface area contributed by atoms with Crippen molar-refractivity contribution in [3.63, 3.8) is 0 Å². The number of nitrogens with one attached hydrogen (secondary N) is 1. The van der Waals surface area contributed by atoms with Crippen molar-refractivity contribution in [3.8, 4) is 0 Å². The van der Waals surface area contributed by atoms with Crippen LogP contribution in [-0.4, -0.2) is 29.9 Å². The summed E-state index contributed by atoms with van der Waals surface area (Å²) in [5.41, 5.74) is 1.34. The third-order valence-corrected chi connectivity index (χ3v) is 3.21. The van der Waals surface area contributed by atoms with Crippen molar-refractivity contribution in [2.45, 2.75) is 32.4 Å². The zero-order valence-corrected chi connectivity index (χ0v) is 10.4. The summed E-state index contributed by atoms with van der Waals surface area (Å²) in [6, 6.07) is 10.8. The lowest BCUT2D eigenvalue weighted by Gasteiger charge is -2.16. The van der Waals surface area contributed by atoms with E-state index in [9.17, 15) is 4.79 Å². The number of hydrogen-bond donors (Lipinski definition) is 1. The largest absolute Gasteiger partial charge is 0.352 e. The summed E-state index contributed by atoms with van der Waals surface area (Å²) in [7, 11) is 0. The zero-order chi connectivity index (χ0) is 12.1. The fraction of sp³-hybridized carbons (Fsp3) is 0.500. The van der Waals surface area contributed by atoms with Gasteiger partial charge in [-0.3, -0.25) is 9.69 Å².